The lowest BCUT2D eigenvalue weighted by atomic mass is 10.2. The highest BCUT2D eigenvalue weighted by Gasteiger charge is 2.05. The fraction of sp³-hybridized carbons (Fsp3) is 0.333. The van der Waals surface area contributed by atoms with Crippen molar-refractivity contribution in [1.82, 2.24) is 9.97 Å². The van der Waals surface area contributed by atoms with Gasteiger partial charge in [0.05, 0.1) is 0 Å². The Kier molecular flexibility index (Phi) is 6.14. The van der Waals surface area contributed by atoms with Crippen LogP contribution in [-0.4, -0.2) is 22.8 Å². The third-order valence-corrected chi connectivity index (χ3v) is 3.48. The topological polar surface area (TPSA) is 47.0 Å². The third kappa shape index (κ3) is 5.10. The molecule has 1 aromatic heterocycles. The first-order valence-corrected chi connectivity index (χ1v) is 8.35. The molecule has 1 N–H and O–H groups in total. The van der Waals surface area contributed by atoms with Crippen LogP contribution in [0.15, 0.2) is 35.5 Å². The maximum atomic E-state index is 5.96. The van der Waals surface area contributed by atoms with E-state index < -0.39 is 0 Å². The Morgan fingerprint density at radius 2 is 2.14 bits per heavy atom. The van der Waals surface area contributed by atoms with Gasteiger partial charge in [0.15, 0.2) is 5.16 Å². The number of hydrogen-bond donors (Lipinski definition) is 1. The van der Waals surface area contributed by atoms with Crippen molar-refractivity contribution < 1.29 is 4.74 Å². The minimum atomic E-state index is 0.429. The Labute approximate surface area is 134 Å². The smallest absolute Gasteiger partial charge is 0.219 e. The lowest BCUT2D eigenvalue weighted by Gasteiger charge is -2.10. The summed E-state index contributed by atoms with van der Waals surface area (Å²) in [5, 5.41) is 4.65. The van der Waals surface area contributed by atoms with E-state index in [1.54, 1.807) is 0 Å². The average molecular weight is 324 g/mol. The number of ether oxygens (including phenoxy) is 1. The van der Waals surface area contributed by atoms with Gasteiger partial charge in [-0.05, 0) is 30.4 Å². The van der Waals surface area contributed by atoms with E-state index in [2.05, 4.69) is 22.2 Å². The molecule has 0 aliphatic rings. The number of hydrogen-bond acceptors (Lipinski definition) is 5. The lowest BCUT2D eigenvalue weighted by molar-refractivity contribution is 0.291. The standard InChI is InChI=1S/C15H18ClN3OS/c1-3-7-17-13-9-14(19-15(18-13)21-2)20-10-11-5-4-6-12(16)8-11/h4-6,8-9H,3,7,10H2,1-2H3,(H,17,18,19). The second-order valence-electron chi connectivity index (χ2n) is 4.42. The van der Waals surface area contributed by atoms with Gasteiger partial charge in [-0.25, -0.2) is 4.98 Å². The fourth-order valence-corrected chi connectivity index (χ4v) is 2.28. The number of rotatable bonds is 7. The second-order valence-corrected chi connectivity index (χ2v) is 5.63. The summed E-state index contributed by atoms with van der Waals surface area (Å²) in [5.41, 5.74) is 1.01. The highest BCUT2D eigenvalue weighted by atomic mass is 35.5. The maximum Gasteiger partial charge on any atom is 0.219 e. The third-order valence-electron chi connectivity index (χ3n) is 2.70. The van der Waals surface area contributed by atoms with Crippen molar-refractivity contribution in [3.63, 3.8) is 0 Å². The van der Waals surface area contributed by atoms with Crippen LogP contribution in [-0.2, 0) is 6.61 Å². The largest absolute Gasteiger partial charge is 0.473 e. The number of nitrogens with zero attached hydrogens (tertiary/aromatic N) is 2. The maximum absolute atomic E-state index is 5.96. The van der Waals surface area contributed by atoms with E-state index in [0.29, 0.717) is 22.7 Å². The monoisotopic (exact) mass is 323 g/mol. The quantitative estimate of drug-likeness (QED) is 0.609. The molecule has 21 heavy (non-hydrogen) atoms. The summed E-state index contributed by atoms with van der Waals surface area (Å²) in [5.74, 6) is 1.35. The summed E-state index contributed by atoms with van der Waals surface area (Å²) in [6.07, 6.45) is 2.98. The van der Waals surface area contributed by atoms with Crippen LogP contribution in [0.3, 0.4) is 0 Å². The molecule has 1 aromatic carbocycles. The first-order valence-electron chi connectivity index (χ1n) is 6.75. The van der Waals surface area contributed by atoms with Crippen molar-refractivity contribution >= 4 is 29.2 Å². The Morgan fingerprint density at radius 3 is 2.86 bits per heavy atom. The van der Waals surface area contributed by atoms with Gasteiger partial charge in [0.25, 0.3) is 0 Å². The van der Waals surface area contributed by atoms with E-state index in [1.807, 2.05) is 36.6 Å². The first kappa shape index (κ1) is 15.9. The van der Waals surface area contributed by atoms with Gasteiger partial charge >= 0.3 is 0 Å². The Morgan fingerprint density at radius 1 is 1.29 bits per heavy atom. The summed E-state index contributed by atoms with van der Waals surface area (Å²) >= 11 is 7.45. The molecule has 2 aromatic rings. The van der Waals surface area contributed by atoms with Crippen molar-refractivity contribution in [3.05, 3.63) is 40.9 Å². The van der Waals surface area contributed by atoms with Crippen molar-refractivity contribution in [3.8, 4) is 5.88 Å². The van der Waals surface area contributed by atoms with Crippen LogP contribution < -0.4 is 10.1 Å². The molecule has 0 unspecified atom stereocenters. The highest BCUT2D eigenvalue weighted by molar-refractivity contribution is 7.98. The molecule has 4 nitrogen and oxygen atoms in total. The number of nitrogens with one attached hydrogen (secondary N) is 1. The van der Waals surface area contributed by atoms with Gasteiger partial charge in [-0.15, -0.1) is 0 Å². The molecule has 1 heterocycles. The summed E-state index contributed by atoms with van der Waals surface area (Å²) in [6, 6.07) is 9.42. The molecule has 0 saturated carbocycles. The van der Waals surface area contributed by atoms with Crippen molar-refractivity contribution in [2.45, 2.75) is 25.1 Å². The predicted octanol–water partition coefficient (Wildman–Crippen LogP) is 4.25. The van der Waals surface area contributed by atoms with Crippen LogP contribution >= 0.6 is 23.4 Å². The highest BCUT2D eigenvalue weighted by Crippen LogP contribution is 2.20. The molecule has 0 spiro atoms. The van der Waals surface area contributed by atoms with Crippen molar-refractivity contribution in [1.29, 1.82) is 0 Å². The minimum absolute atomic E-state index is 0.429. The molecule has 0 saturated heterocycles. The number of thioether (sulfide) groups is 1. The molecular weight excluding hydrogens is 306 g/mol. The van der Waals surface area contributed by atoms with Crippen molar-refractivity contribution in [2.24, 2.45) is 0 Å². The molecule has 0 bridgehead atoms. The van der Waals surface area contributed by atoms with Crippen LogP contribution in [0.4, 0.5) is 5.82 Å². The molecule has 0 atom stereocenters. The van der Waals surface area contributed by atoms with Crippen LogP contribution in [0.2, 0.25) is 5.02 Å². The summed E-state index contributed by atoms with van der Waals surface area (Å²) in [6.45, 7) is 3.41. The molecule has 0 amide bonds. The van der Waals surface area contributed by atoms with Gasteiger partial charge in [0.2, 0.25) is 5.88 Å². The van der Waals surface area contributed by atoms with E-state index in [0.717, 1.165) is 24.3 Å². The van der Waals surface area contributed by atoms with Gasteiger partial charge in [0.1, 0.15) is 12.4 Å². The molecule has 6 heteroatoms. The zero-order valence-electron chi connectivity index (χ0n) is 12.1. The number of benzene rings is 1. The molecule has 0 fully saturated rings. The molecule has 112 valence electrons. The van der Waals surface area contributed by atoms with Crippen LogP contribution in [0.1, 0.15) is 18.9 Å². The molecule has 2 rings (SSSR count). The minimum Gasteiger partial charge on any atom is -0.473 e. The van der Waals surface area contributed by atoms with Gasteiger partial charge in [0, 0.05) is 17.6 Å². The second kappa shape index (κ2) is 8.10. The summed E-state index contributed by atoms with van der Waals surface area (Å²) in [7, 11) is 0. The van der Waals surface area contributed by atoms with Gasteiger partial charge in [-0.3, -0.25) is 0 Å². The molecular formula is C15H18ClN3OS. The summed E-state index contributed by atoms with van der Waals surface area (Å²) in [4.78, 5) is 8.75. The number of halogens is 1. The van der Waals surface area contributed by atoms with E-state index in [4.69, 9.17) is 16.3 Å². The Bertz CT molecular complexity index is 595. The molecule has 0 aliphatic carbocycles. The molecule has 0 aliphatic heterocycles. The first-order chi connectivity index (χ1) is 10.2. The molecule has 0 radical (unpaired) electrons. The van der Waals surface area contributed by atoms with Crippen LogP contribution in [0.5, 0.6) is 5.88 Å². The zero-order valence-corrected chi connectivity index (χ0v) is 13.7. The Hall–Kier alpha value is -1.46. The fourth-order valence-electron chi connectivity index (χ4n) is 1.70. The number of aromatic nitrogens is 2. The SMILES string of the molecule is CCCNc1cc(OCc2cccc(Cl)c2)nc(SC)n1. The normalized spacial score (nSPS) is 10.4. The van der Waals surface area contributed by atoms with E-state index >= 15 is 0 Å². The average Bonchev–Trinajstić information content (AvgIpc) is 2.51. The van der Waals surface area contributed by atoms with Gasteiger partial charge < -0.3 is 10.1 Å². The van der Waals surface area contributed by atoms with E-state index in [-0.39, 0.29) is 0 Å². The van der Waals surface area contributed by atoms with Crippen molar-refractivity contribution in [2.75, 3.05) is 18.1 Å². The zero-order chi connectivity index (χ0) is 15.1. The van der Waals surface area contributed by atoms with E-state index in [9.17, 15) is 0 Å². The predicted molar refractivity (Wildman–Crippen MR) is 88.4 cm³/mol. The van der Waals surface area contributed by atoms with Crippen LogP contribution in [0.25, 0.3) is 0 Å². The Balaban J connectivity index is 2.07. The van der Waals surface area contributed by atoms with Gasteiger partial charge in [-0.2, -0.15) is 4.98 Å². The van der Waals surface area contributed by atoms with Gasteiger partial charge in [-0.1, -0.05) is 42.4 Å². The van der Waals surface area contributed by atoms with Crippen LogP contribution in [0, 0.1) is 0 Å². The lowest BCUT2D eigenvalue weighted by Crippen LogP contribution is -2.05. The number of anilines is 1. The van der Waals surface area contributed by atoms with E-state index in [1.165, 1.54) is 11.8 Å². The summed E-state index contributed by atoms with van der Waals surface area (Å²) < 4.78 is 5.75.